The fraction of sp³-hybridized carbons (Fsp3) is 0.278. The average Bonchev–Trinajstić information content (AvgIpc) is 2.80. The number of carbonyl (C=O) groups is 1. The fourth-order valence-corrected chi connectivity index (χ4v) is 2.73. The summed E-state index contributed by atoms with van der Waals surface area (Å²) >= 11 is 0. The van der Waals surface area contributed by atoms with E-state index in [9.17, 15) is 4.79 Å². The molecule has 2 aromatic heterocycles. The second-order valence-electron chi connectivity index (χ2n) is 5.84. The zero-order valence-electron chi connectivity index (χ0n) is 13.6. The number of pyridine rings is 1. The zero-order chi connectivity index (χ0) is 16.4. The molecule has 23 heavy (non-hydrogen) atoms. The van der Waals surface area contributed by atoms with Crippen LogP contribution in [0.1, 0.15) is 23.2 Å². The van der Waals surface area contributed by atoms with Crippen LogP contribution in [0.4, 0.5) is 5.69 Å². The number of hydrogen-bond donors (Lipinski definition) is 1. The molecule has 3 aromatic rings. The highest BCUT2D eigenvalue weighted by Crippen LogP contribution is 2.19. The number of nitrogens with zero attached hydrogens (tertiary/aromatic N) is 3. The number of aromatic nitrogens is 3. The molecular formula is C18H20N4O. The van der Waals surface area contributed by atoms with Crippen molar-refractivity contribution in [2.24, 2.45) is 7.05 Å². The molecule has 118 valence electrons. The summed E-state index contributed by atoms with van der Waals surface area (Å²) in [4.78, 5) is 16.5. The van der Waals surface area contributed by atoms with Gasteiger partial charge in [0.1, 0.15) is 0 Å². The molecule has 1 N–H and O–H groups in total. The lowest BCUT2D eigenvalue weighted by Gasteiger charge is -2.06. The van der Waals surface area contributed by atoms with E-state index in [4.69, 9.17) is 0 Å². The first-order valence-corrected chi connectivity index (χ1v) is 7.67. The smallest absolute Gasteiger partial charge is 0.224 e. The minimum absolute atomic E-state index is 0.00537. The first-order valence-electron chi connectivity index (χ1n) is 7.67. The predicted molar refractivity (Wildman–Crippen MR) is 91.4 cm³/mol. The van der Waals surface area contributed by atoms with E-state index < -0.39 is 0 Å². The van der Waals surface area contributed by atoms with Gasteiger partial charge < -0.3 is 5.32 Å². The van der Waals surface area contributed by atoms with E-state index in [1.807, 2.05) is 32.2 Å². The second kappa shape index (κ2) is 6.20. The van der Waals surface area contributed by atoms with Crippen molar-refractivity contribution in [3.05, 3.63) is 53.3 Å². The molecule has 1 amide bonds. The van der Waals surface area contributed by atoms with Crippen molar-refractivity contribution >= 4 is 22.6 Å². The van der Waals surface area contributed by atoms with Gasteiger partial charge >= 0.3 is 0 Å². The standard InChI is InChI=1S/C18H20N4O/c1-12-5-4-6-14(9-12)7-8-17(23)20-15-10-16-13(2)21-22(3)18(16)19-11-15/h4-6,9-11H,7-8H2,1-3H3,(H,20,23). The Labute approximate surface area is 135 Å². The Balaban J connectivity index is 1.67. The number of nitrogens with one attached hydrogen (secondary N) is 1. The van der Waals surface area contributed by atoms with Crippen molar-refractivity contribution in [3.8, 4) is 0 Å². The van der Waals surface area contributed by atoms with Gasteiger partial charge in [-0.05, 0) is 31.9 Å². The van der Waals surface area contributed by atoms with E-state index in [1.54, 1.807) is 10.9 Å². The number of fused-ring (bicyclic) bond motifs is 1. The Bertz CT molecular complexity index is 867. The highest BCUT2D eigenvalue weighted by atomic mass is 16.1. The van der Waals surface area contributed by atoms with Crippen LogP contribution >= 0.6 is 0 Å². The molecule has 0 fully saturated rings. The monoisotopic (exact) mass is 308 g/mol. The third-order valence-electron chi connectivity index (χ3n) is 3.87. The predicted octanol–water partition coefficient (Wildman–Crippen LogP) is 3.16. The van der Waals surface area contributed by atoms with Crippen LogP contribution in [0.15, 0.2) is 36.5 Å². The van der Waals surface area contributed by atoms with Crippen molar-refractivity contribution in [3.63, 3.8) is 0 Å². The molecular weight excluding hydrogens is 288 g/mol. The first kappa shape index (κ1) is 15.2. The van der Waals surface area contributed by atoms with Crippen LogP contribution < -0.4 is 5.32 Å². The lowest BCUT2D eigenvalue weighted by Crippen LogP contribution is -2.12. The minimum Gasteiger partial charge on any atom is -0.325 e. The Morgan fingerprint density at radius 1 is 1.26 bits per heavy atom. The Morgan fingerprint density at radius 3 is 2.87 bits per heavy atom. The van der Waals surface area contributed by atoms with Crippen LogP contribution in [0, 0.1) is 13.8 Å². The molecule has 0 aliphatic rings. The highest BCUT2D eigenvalue weighted by molar-refractivity contribution is 5.93. The van der Waals surface area contributed by atoms with Gasteiger partial charge in [0.15, 0.2) is 5.65 Å². The number of aryl methyl sites for hydroxylation is 4. The summed E-state index contributed by atoms with van der Waals surface area (Å²) in [6.07, 6.45) is 2.86. The lowest BCUT2D eigenvalue weighted by molar-refractivity contribution is -0.116. The maximum Gasteiger partial charge on any atom is 0.224 e. The molecule has 0 atom stereocenters. The molecule has 0 radical (unpaired) electrons. The van der Waals surface area contributed by atoms with Gasteiger partial charge in [-0.1, -0.05) is 29.8 Å². The van der Waals surface area contributed by atoms with Gasteiger partial charge in [-0.25, -0.2) is 4.98 Å². The van der Waals surface area contributed by atoms with Crippen LogP contribution in [-0.4, -0.2) is 20.7 Å². The normalized spacial score (nSPS) is 10.9. The van der Waals surface area contributed by atoms with Crippen LogP contribution in [-0.2, 0) is 18.3 Å². The summed E-state index contributed by atoms with van der Waals surface area (Å²) < 4.78 is 1.74. The molecule has 0 aliphatic carbocycles. The maximum atomic E-state index is 12.1. The second-order valence-corrected chi connectivity index (χ2v) is 5.84. The van der Waals surface area contributed by atoms with E-state index in [1.165, 1.54) is 11.1 Å². The van der Waals surface area contributed by atoms with Gasteiger partial charge in [0.05, 0.1) is 17.6 Å². The SMILES string of the molecule is Cc1cccc(CCC(=O)Nc2cnc3c(c2)c(C)nn3C)c1. The van der Waals surface area contributed by atoms with E-state index in [0.717, 1.165) is 23.1 Å². The van der Waals surface area contributed by atoms with Gasteiger partial charge in [-0.15, -0.1) is 0 Å². The number of carbonyl (C=O) groups excluding carboxylic acids is 1. The third-order valence-corrected chi connectivity index (χ3v) is 3.87. The van der Waals surface area contributed by atoms with Crippen LogP contribution in [0.3, 0.4) is 0 Å². The van der Waals surface area contributed by atoms with Crippen LogP contribution in [0.2, 0.25) is 0 Å². The molecule has 5 heteroatoms. The van der Waals surface area contributed by atoms with Crippen molar-refractivity contribution in [1.29, 1.82) is 0 Å². The molecule has 1 aromatic carbocycles. The Kier molecular flexibility index (Phi) is 4.10. The summed E-state index contributed by atoms with van der Waals surface area (Å²) in [6, 6.07) is 10.2. The van der Waals surface area contributed by atoms with Crippen molar-refractivity contribution in [2.75, 3.05) is 5.32 Å². The number of hydrogen-bond acceptors (Lipinski definition) is 3. The molecule has 0 bridgehead atoms. The van der Waals surface area contributed by atoms with E-state index in [0.29, 0.717) is 12.1 Å². The zero-order valence-corrected chi connectivity index (χ0v) is 13.6. The summed E-state index contributed by atoms with van der Waals surface area (Å²) in [5.74, 6) is -0.00537. The molecule has 0 saturated heterocycles. The van der Waals surface area contributed by atoms with Gasteiger partial charge in [0.2, 0.25) is 5.91 Å². The molecule has 0 saturated carbocycles. The number of anilines is 1. The summed E-state index contributed by atoms with van der Waals surface area (Å²) in [5.41, 5.74) is 4.83. The van der Waals surface area contributed by atoms with Gasteiger partial charge in [-0.3, -0.25) is 9.48 Å². The Morgan fingerprint density at radius 2 is 2.09 bits per heavy atom. The third kappa shape index (κ3) is 3.39. The summed E-state index contributed by atoms with van der Waals surface area (Å²) in [5, 5.41) is 8.22. The van der Waals surface area contributed by atoms with Gasteiger partial charge in [-0.2, -0.15) is 5.10 Å². The number of amides is 1. The van der Waals surface area contributed by atoms with Crippen LogP contribution in [0.25, 0.3) is 11.0 Å². The topological polar surface area (TPSA) is 59.8 Å². The number of benzene rings is 1. The van der Waals surface area contributed by atoms with Crippen molar-refractivity contribution < 1.29 is 4.79 Å². The Hall–Kier alpha value is -2.69. The van der Waals surface area contributed by atoms with Crippen LogP contribution in [0.5, 0.6) is 0 Å². The molecule has 0 aliphatic heterocycles. The average molecular weight is 308 g/mol. The molecule has 3 rings (SSSR count). The summed E-state index contributed by atoms with van der Waals surface area (Å²) in [7, 11) is 1.86. The fourth-order valence-electron chi connectivity index (χ4n) is 2.73. The summed E-state index contributed by atoms with van der Waals surface area (Å²) in [6.45, 7) is 3.99. The van der Waals surface area contributed by atoms with E-state index in [-0.39, 0.29) is 5.91 Å². The largest absolute Gasteiger partial charge is 0.325 e. The van der Waals surface area contributed by atoms with Gasteiger partial charge in [0, 0.05) is 18.9 Å². The minimum atomic E-state index is -0.00537. The quantitative estimate of drug-likeness (QED) is 0.805. The number of rotatable bonds is 4. The van der Waals surface area contributed by atoms with E-state index in [2.05, 4.69) is 34.5 Å². The molecule has 0 unspecified atom stereocenters. The molecule has 2 heterocycles. The molecule has 5 nitrogen and oxygen atoms in total. The maximum absolute atomic E-state index is 12.1. The highest BCUT2D eigenvalue weighted by Gasteiger charge is 2.09. The van der Waals surface area contributed by atoms with Crippen molar-refractivity contribution in [2.45, 2.75) is 26.7 Å². The van der Waals surface area contributed by atoms with E-state index >= 15 is 0 Å². The molecule has 0 spiro atoms. The van der Waals surface area contributed by atoms with Crippen molar-refractivity contribution in [1.82, 2.24) is 14.8 Å². The van der Waals surface area contributed by atoms with Gasteiger partial charge in [0.25, 0.3) is 0 Å². The lowest BCUT2D eigenvalue weighted by atomic mass is 10.1. The first-order chi connectivity index (χ1) is 11.0.